The number of ether oxygens (including phenoxy) is 1. The molecule has 0 saturated carbocycles. The summed E-state index contributed by atoms with van der Waals surface area (Å²) in [4.78, 5) is 14.8. The molecule has 0 amide bonds. The van der Waals surface area contributed by atoms with Gasteiger partial charge in [-0.1, -0.05) is 0 Å². The first-order chi connectivity index (χ1) is 8.83. The summed E-state index contributed by atoms with van der Waals surface area (Å²) in [6.45, 7) is 2.97. The highest BCUT2D eigenvalue weighted by Crippen LogP contribution is 2.12. The zero-order valence-corrected chi connectivity index (χ0v) is 10.2. The van der Waals surface area contributed by atoms with Gasteiger partial charge in [0.1, 0.15) is 5.82 Å². The van der Waals surface area contributed by atoms with E-state index in [1.807, 2.05) is 4.90 Å². The summed E-state index contributed by atoms with van der Waals surface area (Å²) < 4.78 is 5.29. The third-order valence-electron chi connectivity index (χ3n) is 2.65. The second-order valence-corrected chi connectivity index (χ2v) is 3.95. The molecule has 8 heteroatoms. The van der Waals surface area contributed by atoms with Crippen LogP contribution < -0.4 is 16.2 Å². The van der Waals surface area contributed by atoms with Crippen LogP contribution in [0.4, 0.5) is 11.9 Å². The van der Waals surface area contributed by atoms with Crippen LogP contribution in [0, 0.1) is 0 Å². The topological polar surface area (TPSA) is 109 Å². The largest absolute Gasteiger partial charge is 0.396 e. The number of aliphatic hydroxyl groups is 1. The van der Waals surface area contributed by atoms with E-state index >= 15 is 0 Å². The Labute approximate surface area is 105 Å². The summed E-state index contributed by atoms with van der Waals surface area (Å²) in [7, 11) is 0. The van der Waals surface area contributed by atoms with Crippen molar-refractivity contribution >= 4 is 11.9 Å². The molecule has 0 bridgehead atoms. The van der Waals surface area contributed by atoms with Crippen molar-refractivity contribution < 1.29 is 9.84 Å². The Morgan fingerprint density at radius 1 is 1.28 bits per heavy atom. The van der Waals surface area contributed by atoms with Gasteiger partial charge in [0.05, 0.1) is 13.2 Å². The van der Waals surface area contributed by atoms with Gasteiger partial charge in [0.25, 0.3) is 0 Å². The van der Waals surface area contributed by atoms with E-state index in [0.29, 0.717) is 43.8 Å². The maximum absolute atomic E-state index is 8.83. The molecule has 1 aliphatic heterocycles. The van der Waals surface area contributed by atoms with Crippen LogP contribution in [-0.2, 0) is 11.2 Å². The Hall–Kier alpha value is -1.51. The average Bonchev–Trinajstić information content (AvgIpc) is 2.45. The van der Waals surface area contributed by atoms with Crippen LogP contribution in [-0.4, -0.2) is 53.0 Å². The van der Waals surface area contributed by atoms with Crippen LogP contribution in [0.3, 0.4) is 0 Å². The molecular formula is C10H18N6O2. The Balaban J connectivity index is 2.16. The molecule has 1 aromatic rings. The number of nitrogens with two attached hydrogens (primary N) is 1. The molecule has 18 heavy (non-hydrogen) atoms. The van der Waals surface area contributed by atoms with E-state index in [2.05, 4.69) is 20.4 Å². The second-order valence-electron chi connectivity index (χ2n) is 3.95. The molecule has 0 atom stereocenters. The van der Waals surface area contributed by atoms with Gasteiger partial charge in [-0.05, 0) is 6.42 Å². The number of morpholine rings is 1. The van der Waals surface area contributed by atoms with Crippen molar-refractivity contribution in [1.82, 2.24) is 15.0 Å². The molecule has 100 valence electrons. The van der Waals surface area contributed by atoms with Crippen LogP contribution in [0.2, 0.25) is 0 Å². The molecule has 1 saturated heterocycles. The molecule has 1 aromatic heterocycles. The molecule has 0 aliphatic carbocycles. The highest BCUT2D eigenvalue weighted by molar-refractivity contribution is 5.36. The van der Waals surface area contributed by atoms with Crippen LogP contribution in [0.15, 0.2) is 0 Å². The highest BCUT2D eigenvalue weighted by atomic mass is 16.5. The first kappa shape index (κ1) is 12.9. The first-order valence-corrected chi connectivity index (χ1v) is 5.98. The monoisotopic (exact) mass is 254 g/mol. The van der Waals surface area contributed by atoms with Crippen molar-refractivity contribution in [2.24, 2.45) is 5.84 Å². The molecule has 2 rings (SSSR count). The van der Waals surface area contributed by atoms with Gasteiger partial charge in [0.15, 0.2) is 0 Å². The van der Waals surface area contributed by atoms with E-state index < -0.39 is 0 Å². The van der Waals surface area contributed by atoms with Crippen molar-refractivity contribution in [2.45, 2.75) is 12.8 Å². The number of aromatic nitrogens is 3. The number of hydrogen-bond donors (Lipinski definition) is 3. The van der Waals surface area contributed by atoms with Crippen molar-refractivity contribution in [3.05, 3.63) is 5.82 Å². The summed E-state index contributed by atoms with van der Waals surface area (Å²) in [5.74, 6) is 6.94. The molecular weight excluding hydrogens is 236 g/mol. The number of anilines is 2. The van der Waals surface area contributed by atoms with Gasteiger partial charge in [-0.25, -0.2) is 5.84 Å². The Morgan fingerprint density at radius 2 is 2.06 bits per heavy atom. The summed E-state index contributed by atoms with van der Waals surface area (Å²) in [5, 5.41) is 8.83. The lowest BCUT2D eigenvalue weighted by atomic mass is 10.3. The molecule has 2 heterocycles. The molecule has 1 aliphatic rings. The van der Waals surface area contributed by atoms with Gasteiger partial charge in [-0.3, -0.25) is 5.43 Å². The van der Waals surface area contributed by atoms with E-state index in [4.69, 9.17) is 15.7 Å². The molecule has 4 N–H and O–H groups in total. The third kappa shape index (κ3) is 3.25. The van der Waals surface area contributed by atoms with Crippen LogP contribution >= 0.6 is 0 Å². The average molecular weight is 254 g/mol. The van der Waals surface area contributed by atoms with Crippen molar-refractivity contribution in [3.63, 3.8) is 0 Å². The molecule has 0 aromatic carbocycles. The maximum Gasteiger partial charge on any atom is 0.242 e. The summed E-state index contributed by atoms with van der Waals surface area (Å²) in [6, 6.07) is 0. The van der Waals surface area contributed by atoms with Gasteiger partial charge < -0.3 is 14.7 Å². The number of nitrogen functional groups attached to an aromatic ring is 1. The SMILES string of the molecule is NNc1nc(CCCO)nc(N2CCOCC2)n1. The standard InChI is InChI=1S/C10H18N6O2/c11-15-9-12-8(2-1-5-17)13-10(14-9)16-3-6-18-7-4-16/h17H,1-7,11H2,(H,12,13,14,15). The van der Waals surface area contributed by atoms with Gasteiger partial charge in [0.2, 0.25) is 11.9 Å². The van der Waals surface area contributed by atoms with Crippen molar-refractivity contribution in [3.8, 4) is 0 Å². The van der Waals surface area contributed by atoms with Gasteiger partial charge >= 0.3 is 0 Å². The Kier molecular flexibility index (Phi) is 4.62. The minimum Gasteiger partial charge on any atom is -0.396 e. The Bertz CT molecular complexity index is 383. The van der Waals surface area contributed by atoms with E-state index in [-0.39, 0.29) is 6.61 Å². The lowest BCUT2D eigenvalue weighted by molar-refractivity contribution is 0.122. The van der Waals surface area contributed by atoms with E-state index in [1.54, 1.807) is 0 Å². The quantitative estimate of drug-likeness (QED) is 0.449. The number of nitrogens with zero attached hydrogens (tertiary/aromatic N) is 4. The fraction of sp³-hybridized carbons (Fsp3) is 0.700. The molecule has 0 spiro atoms. The Morgan fingerprint density at radius 3 is 2.72 bits per heavy atom. The number of nitrogens with one attached hydrogen (secondary N) is 1. The van der Waals surface area contributed by atoms with Gasteiger partial charge in [-0.15, -0.1) is 0 Å². The molecule has 1 fully saturated rings. The normalized spacial score (nSPS) is 15.8. The van der Waals surface area contributed by atoms with Crippen LogP contribution in [0.5, 0.6) is 0 Å². The van der Waals surface area contributed by atoms with Crippen molar-refractivity contribution in [1.29, 1.82) is 0 Å². The van der Waals surface area contributed by atoms with Gasteiger partial charge in [-0.2, -0.15) is 15.0 Å². The predicted molar refractivity (Wildman–Crippen MR) is 66.1 cm³/mol. The lowest BCUT2D eigenvalue weighted by Crippen LogP contribution is -2.37. The number of aliphatic hydroxyl groups excluding tert-OH is 1. The minimum absolute atomic E-state index is 0.115. The number of rotatable bonds is 5. The van der Waals surface area contributed by atoms with Crippen LogP contribution in [0.1, 0.15) is 12.2 Å². The lowest BCUT2D eigenvalue weighted by Gasteiger charge is -2.27. The number of aryl methyl sites for hydroxylation is 1. The first-order valence-electron chi connectivity index (χ1n) is 5.98. The maximum atomic E-state index is 8.83. The zero-order valence-electron chi connectivity index (χ0n) is 10.2. The third-order valence-corrected chi connectivity index (χ3v) is 2.65. The fourth-order valence-corrected chi connectivity index (χ4v) is 1.73. The van der Waals surface area contributed by atoms with Crippen LogP contribution in [0.25, 0.3) is 0 Å². The van der Waals surface area contributed by atoms with E-state index in [9.17, 15) is 0 Å². The molecule has 0 unspecified atom stereocenters. The summed E-state index contributed by atoms with van der Waals surface area (Å²) in [5.41, 5.74) is 2.44. The zero-order chi connectivity index (χ0) is 12.8. The van der Waals surface area contributed by atoms with Crippen molar-refractivity contribution in [2.75, 3.05) is 43.2 Å². The number of hydrogen-bond acceptors (Lipinski definition) is 8. The number of hydrazine groups is 1. The highest BCUT2D eigenvalue weighted by Gasteiger charge is 2.16. The van der Waals surface area contributed by atoms with E-state index in [1.165, 1.54) is 0 Å². The second kappa shape index (κ2) is 6.43. The predicted octanol–water partition coefficient (Wildman–Crippen LogP) is -1.08. The fourth-order valence-electron chi connectivity index (χ4n) is 1.73. The van der Waals surface area contributed by atoms with E-state index in [0.717, 1.165) is 13.1 Å². The summed E-state index contributed by atoms with van der Waals surface area (Å²) >= 11 is 0. The smallest absolute Gasteiger partial charge is 0.242 e. The molecule has 8 nitrogen and oxygen atoms in total. The van der Waals surface area contributed by atoms with Gasteiger partial charge in [0, 0.05) is 26.1 Å². The minimum atomic E-state index is 0.115. The molecule has 0 radical (unpaired) electrons. The summed E-state index contributed by atoms with van der Waals surface area (Å²) in [6.07, 6.45) is 1.22.